The van der Waals surface area contributed by atoms with Crippen LogP contribution in [0.2, 0.25) is 0 Å². The molecule has 0 spiro atoms. The molecule has 19 heavy (non-hydrogen) atoms. The molecule has 1 unspecified atom stereocenters. The lowest BCUT2D eigenvalue weighted by atomic mass is 10.0. The van der Waals surface area contributed by atoms with Crippen molar-refractivity contribution < 1.29 is 31.5 Å². The van der Waals surface area contributed by atoms with Crippen LogP contribution in [0, 0.1) is 0 Å². The number of carboxylic acids is 1. The smallest absolute Gasteiger partial charge is 0.389 e. The molecule has 0 saturated carbocycles. The average Bonchev–Trinajstić information content (AvgIpc) is 2.63. The van der Waals surface area contributed by atoms with Crippen molar-refractivity contribution in [2.75, 3.05) is 17.3 Å². The third-order valence-corrected chi connectivity index (χ3v) is 5.37. The van der Waals surface area contributed by atoms with Gasteiger partial charge in [-0.3, -0.25) is 4.79 Å². The van der Waals surface area contributed by atoms with Gasteiger partial charge in [0, 0.05) is 12.2 Å². The zero-order valence-corrected chi connectivity index (χ0v) is 11.5. The Labute approximate surface area is 113 Å². The van der Waals surface area contributed by atoms with Crippen molar-refractivity contribution >= 4 is 27.8 Å². The molecule has 0 amide bonds. The van der Waals surface area contributed by atoms with E-state index in [0.29, 0.717) is 5.75 Å². The SMILES string of the molecule is O=C(O)C1(NS(=O)(=O)CCCC(F)(F)F)CCSC1. The monoisotopic (exact) mass is 321 g/mol. The summed E-state index contributed by atoms with van der Waals surface area (Å²) < 4.78 is 61.1. The number of carbonyl (C=O) groups is 1. The number of rotatable bonds is 6. The Morgan fingerprint density at radius 2 is 2.05 bits per heavy atom. The Kier molecular flexibility index (Phi) is 5.13. The van der Waals surface area contributed by atoms with E-state index in [-0.39, 0.29) is 12.2 Å². The molecule has 1 saturated heterocycles. The Morgan fingerprint density at radius 3 is 2.47 bits per heavy atom. The van der Waals surface area contributed by atoms with E-state index in [0.717, 1.165) is 0 Å². The maximum absolute atomic E-state index is 11.9. The van der Waals surface area contributed by atoms with Crippen LogP contribution >= 0.6 is 11.8 Å². The summed E-state index contributed by atoms with van der Waals surface area (Å²) in [5, 5.41) is 9.06. The fourth-order valence-corrected chi connectivity index (χ4v) is 4.57. The van der Waals surface area contributed by atoms with Gasteiger partial charge in [0.2, 0.25) is 10.0 Å². The molecule has 2 N–H and O–H groups in total. The van der Waals surface area contributed by atoms with Gasteiger partial charge >= 0.3 is 12.1 Å². The van der Waals surface area contributed by atoms with Gasteiger partial charge in [-0.2, -0.15) is 29.7 Å². The Morgan fingerprint density at radius 1 is 1.42 bits per heavy atom. The first-order valence-corrected chi connectivity index (χ1v) is 8.27. The first kappa shape index (κ1) is 16.6. The molecule has 1 atom stereocenters. The molecule has 112 valence electrons. The summed E-state index contributed by atoms with van der Waals surface area (Å²) in [6.45, 7) is 0. The molecule has 0 bridgehead atoms. The van der Waals surface area contributed by atoms with E-state index in [2.05, 4.69) is 0 Å². The predicted molar refractivity (Wildman–Crippen MR) is 64.5 cm³/mol. The van der Waals surface area contributed by atoms with Gasteiger partial charge in [0.15, 0.2) is 0 Å². The highest BCUT2D eigenvalue weighted by Gasteiger charge is 2.45. The van der Waals surface area contributed by atoms with Crippen LogP contribution in [0.15, 0.2) is 0 Å². The Bertz CT molecular complexity index is 429. The van der Waals surface area contributed by atoms with Gasteiger partial charge in [-0.05, 0) is 18.6 Å². The molecular formula is C9H14F3NO4S2. The third-order valence-electron chi connectivity index (χ3n) is 2.66. The molecular weight excluding hydrogens is 307 g/mol. The molecule has 10 heteroatoms. The molecule has 0 aliphatic carbocycles. The maximum Gasteiger partial charge on any atom is 0.389 e. The highest BCUT2D eigenvalue weighted by molar-refractivity contribution is 7.99. The van der Waals surface area contributed by atoms with Crippen molar-refractivity contribution in [3.63, 3.8) is 0 Å². The van der Waals surface area contributed by atoms with Crippen LogP contribution in [0.5, 0.6) is 0 Å². The lowest BCUT2D eigenvalue weighted by Crippen LogP contribution is -2.55. The van der Waals surface area contributed by atoms with E-state index in [1.165, 1.54) is 11.8 Å². The first-order valence-electron chi connectivity index (χ1n) is 5.46. The summed E-state index contributed by atoms with van der Waals surface area (Å²) in [7, 11) is -4.04. The van der Waals surface area contributed by atoms with Crippen LogP contribution in [-0.2, 0) is 14.8 Å². The summed E-state index contributed by atoms with van der Waals surface area (Å²) in [5.74, 6) is -1.44. The summed E-state index contributed by atoms with van der Waals surface area (Å²) in [4.78, 5) is 11.1. The number of hydrogen-bond acceptors (Lipinski definition) is 4. The van der Waals surface area contributed by atoms with E-state index in [1.807, 2.05) is 4.72 Å². The normalized spacial score (nSPS) is 24.6. The number of thioether (sulfide) groups is 1. The molecule has 5 nitrogen and oxygen atoms in total. The Balaban J connectivity index is 2.61. The number of alkyl halides is 3. The van der Waals surface area contributed by atoms with E-state index in [4.69, 9.17) is 5.11 Å². The highest BCUT2D eigenvalue weighted by Crippen LogP contribution is 2.29. The molecule has 1 aliphatic rings. The minimum Gasteiger partial charge on any atom is -0.480 e. The van der Waals surface area contributed by atoms with Gasteiger partial charge in [-0.1, -0.05) is 0 Å². The third kappa shape index (κ3) is 5.19. The summed E-state index contributed by atoms with van der Waals surface area (Å²) in [6.07, 6.45) is -6.07. The van der Waals surface area contributed by atoms with Crippen molar-refractivity contribution in [1.29, 1.82) is 0 Å². The van der Waals surface area contributed by atoms with Gasteiger partial charge in [0.25, 0.3) is 0 Å². The minimum atomic E-state index is -4.41. The number of sulfonamides is 1. The lowest BCUT2D eigenvalue weighted by Gasteiger charge is -2.24. The van der Waals surface area contributed by atoms with Crippen LogP contribution < -0.4 is 4.72 Å². The summed E-state index contributed by atoms with van der Waals surface area (Å²) in [5.41, 5.74) is -1.58. The van der Waals surface area contributed by atoms with Crippen molar-refractivity contribution in [3.05, 3.63) is 0 Å². The van der Waals surface area contributed by atoms with Crippen molar-refractivity contribution in [3.8, 4) is 0 Å². The first-order chi connectivity index (χ1) is 8.56. The molecule has 0 radical (unpaired) electrons. The van der Waals surface area contributed by atoms with Crippen LogP contribution in [0.25, 0.3) is 0 Å². The fourth-order valence-electron chi connectivity index (χ4n) is 1.67. The van der Waals surface area contributed by atoms with Crippen LogP contribution in [-0.4, -0.2) is 48.5 Å². The maximum atomic E-state index is 11.9. The standard InChI is InChI=1S/C9H14F3NO4S2/c10-9(11,12)2-1-5-19(16,17)13-8(7(14)15)3-4-18-6-8/h13H,1-6H2,(H,14,15). The minimum absolute atomic E-state index is 0.0842. The van der Waals surface area contributed by atoms with Crippen LogP contribution in [0.4, 0.5) is 13.2 Å². The predicted octanol–water partition coefficient (Wildman–Crippen LogP) is 1.21. The fraction of sp³-hybridized carbons (Fsp3) is 0.889. The number of hydrogen-bond donors (Lipinski definition) is 2. The van der Waals surface area contributed by atoms with E-state index in [9.17, 15) is 26.4 Å². The molecule has 1 rings (SSSR count). The topological polar surface area (TPSA) is 83.5 Å². The van der Waals surface area contributed by atoms with E-state index >= 15 is 0 Å². The second-order valence-electron chi connectivity index (χ2n) is 4.33. The van der Waals surface area contributed by atoms with Crippen LogP contribution in [0.1, 0.15) is 19.3 Å². The van der Waals surface area contributed by atoms with Gasteiger partial charge in [0.1, 0.15) is 5.54 Å². The molecule has 0 aromatic rings. The second kappa shape index (κ2) is 5.88. The van der Waals surface area contributed by atoms with Gasteiger partial charge in [-0.25, -0.2) is 8.42 Å². The van der Waals surface area contributed by atoms with Gasteiger partial charge in [0.05, 0.1) is 5.75 Å². The number of carboxylic acid groups (broad SMARTS) is 1. The van der Waals surface area contributed by atoms with Crippen molar-refractivity contribution in [2.24, 2.45) is 0 Å². The van der Waals surface area contributed by atoms with E-state index in [1.54, 1.807) is 0 Å². The molecule has 1 fully saturated rings. The van der Waals surface area contributed by atoms with Crippen molar-refractivity contribution in [1.82, 2.24) is 4.72 Å². The lowest BCUT2D eigenvalue weighted by molar-refractivity contribution is -0.143. The zero-order chi connectivity index (χ0) is 14.7. The zero-order valence-electron chi connectivity index (χ0n) is 9.86. The van der Waals surface area contributed by atoms with Gasteiger partial charge in [-0.15, -0.1) is 0 Å². The molecule has 0 aromatic carbocycles. The quantitative estimate of drug-likeness (QED) is 0.768. The van der Waals surface area contributed by atoms with Crippen LogP contribution in [0.3, 0.4) is 0 Å². The highest BCUT2D eigenvalue weighted by atomic mass is 32.2. The second-order valence-corrected chi connectivity index (χ2v) is 7.28. The Hall–Kier alpha value is -0.480. The van der Waals surface area contributed by atoms with E-state index < -0.39 is 46.3 Å². The molecule has 1 aliphatic heterocycles. The largest absolute Gasteiger partial charge is 0.480 e. The summed E-state index contributed by atoms with van der Waals surface area (Å²) in [6, 6.07) is 0. The average molecular weight is 321 g/mol. The number of halogens is 3. The van der Waals surface area contributed by atoms with Crippen molar-refractivity contribution in [2.45, 2.75) is 31.0 Å². The summed E-state index contributed by atoms with van der Waals surface area (Å²) >= 11 is 1.29. The number of nitrogens with one attached hydrogen (secondary N) is 1. The van der Waals surface area contributed by atoms with Gasteiger partial charge < -0.3 is 5.11 Å². The number of aliphatic carboxylic acids is 1. The molecule has 1 heterocycles. The molecule has 0 aromatic heterocycles.